The van der Waals surface area contributed by atoms with Crippen molar-refractivity contribution in [2.45, 2.75) is 26.8 Å². The minimum Gasteiger partial charge on any atom is -0.357 e. The fourth-order valence-corrected chi connectivity index (χ4v) is 2.24. The molecule has 0 saturated carbocycles. The van der Waals surface area contributed by atoms with Gasteiger partial charge >= 0.3 is 0 Å². The van der Waals surface area contributed by atoms with Crippen LogP contribution in [0.15, 0.2) is 35.6 Å². The number of hydrogen-bond donors (Lipinski definition) is 2. The Morgan fingerprint density at radius 3 is 2.71 bits per heavy atom. The molecule has 2 aromatic rings. The predicted octanol–water partition coefficient (Wildman–Crippen LogP) is 2.78. The summed E-state index contributed by atoms with van der Waals surface area (Å²) in [7, 11) is 1.91. The van der Waals surface area contributed by atoms with Gasteiger partial charge in [-0.3, -0.25) is 4.68 Å². The number of aliphatic imine (C=N–C) groups is 1. The highest BCUT2D eigenvalue weighted by molar-refractivity contribution is 14.0. The quantitative estimate of drug-likeness (QED) is 0.409. The minimum absolute atomic E-state index is 0. The number of nitrogens with zero attached hydrogens (tertiary/aromatic N) is 3. The van der Waals surface area contributed by atoms with Crippen molar-refractivity contribution in [1.29, 1.82) is 0 Å². The molecule has 0 unspecified atom stereocenters. The molecule has 24 heavy (non-hydrogen) atoms. The summed E-state index contributed by atoms with van der Waals surface area (Å²) in [6.45, 7) is 5.88. The molecule has 7 heteroatoms. The summed E-state index contributed by atoms with van der Waals surface area (Å²) in [5.41, 5.74) is 2.82. The van der Waals surface area contributed by atoms with Crippen LogP contribution in [-0.4, -0.2) is 28.8 Å². The molecular formula is C17H25FIN5. The van der Waals surface area contributed by atoms with E-state index in [9.17, 15) is 4.39 Å². The van der Waals surface area contributed by atoms with Gasteiger partial charge in [-0.2, -0.15) is 5.10 Å². The van der Waals surface area contributed by atoms with Crippen LogP contribution in [0.1, 0.15) is 23.6 Å². The third-order valence-corrected chi connectivity index (χ3v) is 3.45. The average Bonchev–Trinajstić information content (AvgIpc) is 2.93. The molecule has 0 fully saturated rings. The lowest BCUT2D eigenvalue weighted by Crippen LogP contribution is -2.38. The summed E-state index contributed by atoms with van der Waals surface area (Å²) >= 11 is 0. The van der Waals surface area contributed by atoms with Gasteiger partial charge < -0.3 is 10.6 Å². The van der Waals surface area contributed by atoms with E-state index in [0.29, 0.717) is 12.1 Å². The van der Waals surface area contributed by atoms with Crippen LogP contribution in [0, 0.1) is 12.7 Å². The molecule has 0 radical (unpaired) electrons. The zero-order chi connectivity index (χ0) is 16.7. The van der Waals surface area contributed by atoms with Gasteiger partial charge in [0.1, 0.15) is 5.82 Å². The van der Waals surface area contributed by atoms with Crippen molar-refractivity contribution in [3.63, 3.8) is 0 Å². The van der Waals surface area contributed by atoms with Crippen LogP contribution in [0.2, 0.25) is 0 Å². The molecule has 132 valence electrons. The van der Waals surface area contributed by atoms with Gasteiger partial charge in [-0.15, -0.1) is 24.0 Å². The Balaban J connectivity index is 0.00000288. The Hall–Kier alpha value is -1.64. The zero-order valence-corrected chi connectivity index (χ0v) is 16.7. The van der Waals surface area contributed by atoms with E-state index in [1.54, 1.807) is 17.7 Å². The Morgan fingerprint density at radius 2 is 2.08 bits per heavy atom. The molecule has 2 N–H and O–H groups in total. The van der Waals surface area contributed by atoms with Gasteiger partial charge in [-0.05, 0) is 43.0 Å². The van der Waals surface area contributed by atoms with Crippen molar-refractivity contribution in [2.75, 3.05) is 13.1 Å². The Labute approximate surface area is 159 Å². The molecule has 0 aliphatic carbocycles. The van der Waals surface area contributed by atoms with Gasteiger partial charge in [0, 0.05) is 26.3 Å². The number of nitrogens with one attached hydrogen (secondary N) is 2. The third-order valence-electron chi connectivity index (χ3n) is 3.45. The molecule has 0 aliphatic rings. The van der Waals surface area contributed by atoms with Crippen molar-refractivity contribution in [3.05, 3.63) is 53.1 Å². The van der Waals surface area contributed by atoms with Crippen LogP contribution in [0.25, 0.3) is 0 Å². The standard InChI is InChI=1S/C17H24FN5.HI/c1-4-19-17(20-8-7-15-11-22-23(3)12-15)21-10-14-5-6-16(18)13(2)9-14;/h5-6,9,11-12H,4,7-8,10H2,1-3H3,(H2,19,20,21);1H. The summed E-state index contributed by atoms with van der Waals surface area (Å²) in [6, 6.07) is 5.09. The van der Waals surface area contributed by atoms with Crippen LogP contribution >= 0.6 is 24.0 Å². The van der Waals surface area contributed by atoms with Gasteiger partial charge in [0.05, 0.1) is 12.7 Å². The second kappa shape index (κ2) is 10.3. The monoisotopic (exact) mass is 445 g/mol. The first-order chi connectivity index (χ1) is 11.1. The summed E-state index contributed by atoms with van der Waals surface area (Å²) in [4.78, 5) is 4.54. The van der Waals surface area contributed by atoms with E-state index >= 15 is 0 Å². The highest BCUT2D eigenvalue weighted by atomic mass is 127. The van der Waals surface area contributed by atoms with Crippen LogP contribution in [0.4, 0.5) is 4.39 Å². The maximum atomic E-state index is 13.3. The molecule has 2 rings (SSSR count). The smallest absolute Gasteiger partial charge is 0.191 e. The van der Waals surface area contributed by atoms with Gasteiger partial charge in [0.25, 0.3) is 0 Å². The fraction of sp³-hybridized carbons (Fsp3) is 0.412. The molecule has 0 aliphatic heterocycles. The zero-order valence-electron chi connectivity index (χ0n) is 14.3. The van der Waals surface area contributed by atoms with Crippen molar-refractivity contribution in [1.82, 2.24) is 20.4 Å². The molecule has 1 aromatic heterocycles. The minimum atomic E-state index is -0.181. The fourth-order valence-electron chi connectivity index (χ4n) is 2.24. The van der Waals surface area contributed by atoms with E-state index < -0.39 is 0 Å². The van der Waals surface area contributed by atoms with Crippen molar-refractivity contribution < 1.29 is 4.39 Å². The van der Waals surface area contributed by atoms with E-state index in [-0.39, 0.29) is 29.8 Å². The first-order valence-corrected chi connectivity index (χ1v) is 7.83. The highest BCUT2D eigenvalue weighted by Crippen LogP contribution is 2.10. The lowest BCUT2D eigenvalue weighted by Gasteiger charge is -2.11. The molecule has 0 amide bonds. The number of aryl methyl sites for hydroxylation is 2. The van der Waals surface area contributed by atoms with E-state index in [4.69, 9.17) is 0 Å². The Kier molecular flexibility index (Phi) is 8.73. The van der Waals surface area contributed by atoms with Crippen LogP contribution in [0.5, 0.6) is 0 Å². The summed E-state index contributed by atoms with van der Waals surface area (Å²) in [5, 5.41) is 10.7. The topological polar surface area (TPSA) is 54.2 Å². The number of aromatic nitrogens is 2. The first kappa shape index (κ1) is 20.4. The number of hydrogen-bond acceptors (Lipinski definition) is 2. The molecule has 0 atom stereocenters. The number of rotatable bonds is 6. The average molecular weight is 445 g/mol. The maximum absolute atomic E-state index is 13.3. The van der Waals surface area contributed by atoms with Crippen LogP contribution < -0.4 is 10.6 Å². The van der Waals surface area contributed by atoms with Crippen molar-refractivity contribution in [3.8, 4) is 0 Å². The molecule has 0 saturated heterocycles. The van der Waals surface area contributed by atoms with E-state index in [2.05, 4.69) is 20.7 Å². The van der Waals surface area contributed by atoms with Gasteiger partial charge in [0.2, 0.25) is 0 Å². The molecular weight excluding hydrogens is 420 g/mol. The third kappa shape index (κ3) is 6.46. The Morgan fingerprint density at radius 1 is 1.29 bits per heavy atom. The number of halogens is 2. The van der Waals surface area contributed by atoms with Gasteiger partial charge in [0.15, 0.2) is 5.96 Å². The SMILES string of the molecule is CCNC(=NCc1ccc(F)c(C)c1)NCCc1cnn(C)c1.I. The summed E-state index contributed by atoms with van der Waals surface area (Å²) < 4.78 is 15.1. The van der Waals surface area contributed by atoms with Crippen molar-refractivity contribution >= 4 is 29.9 Å². The van der Waals surface area contributed by atoms with E-state index in [1.165, 1.54) is 11.6 Å². The lowest BCUT2D eigenvalue weighted by molar-refractivity contribution is 0.617. The second-order valence-electron chi connectivity index (χ2n) is 5.48. The maximum Gasteiger partial charge on any atom is 0.191 e. The number of benzene rings is 1. The molecule has 5 nitrogen and oxygen atoms in total. The molecule has 0 spiro atoms. The van der Waals surface area contributed by atoms with Crippen LogP contribution in [0.3, 0.4) is 0 Å². The second-order valence-corrected chi connectivity index (χ2v) is 5.48. The molecule has 1 heterocycles. The van der Waals surface area contributed by atoms with Gasteiger partial charge in [-0.25, -0.2) is 9.38 Å². The predicted molar refractivity (Wildman–Crippen MR) is 106 cm³/mol. The molecule has 1 aromatic carbocycles. The van der Waals surface area contributed by atoms with Gasteiger partial charge in [-0.1, -0.05) is 12.1 Å². The summed E-state index contributed by atoms with van der Waals surface area (Å²) in [5.74, 6) is 0.581. The van der Waals surface area contributed by atoms with Crippen LogP contribution in [-0.2, 0) is 20.0 Å². The Bertz CT molecular complexity index is 669. The largest absolute Gasteiger partial charge is 0.357 e. The normalized spacial score (nSPS) is 11.1. The highest BCUT2D eigenvalue weighted by Gasteiger charge is 2.01. The summed E-state index contributed by atoms with van der Waals surface area (Å²) in [6.07, 6.45) is 4.76. The number of guanidine groups is 1. The lowest BCUT2D eigenvalue weighted by atomic mass is 10.1. The van der Waals surface area contributed by atoms with E-state index in [1.807, 2.05) is 32.4 Å². The first-order valence-electron chi connectivity index (χ1n) is 7.83. The molecule has 0 bridgehead atoms. The van der Waals surface area contributed by atoms with Crippen molar-refractivity contribution in [2.24, 2.45) is 12.0 Å². The van der Waals surface area contributed by atoms with E-state index in [0.717, 1.165) is 31.0 Å².